The Kier molecular flexibility index (Phi) is 4.99. The summed E-state index contributed by atoms with van der Waals surface area (Å²) in [6.07, 6.45) is 1.61. The van der Waals surface area contributed by atoms with Gasteiger partial charge in [0.15, 0.2) is 0 Å². The molecule has 1 aromatic heterocycles. The Balaban J connectivity index is 1.56. The summed E-state index contributed by atoms with van der Waals surface area (Å²) >= 11 is 1.61. The second kappa shape index (κ2) is 7.34. The topological polar surface area (TPSA) is 53.9 Å². The maximum absolute atomic E-state index is 12.8. The molecule has 120 valence electrons. The van der Waals surface area contributed by atoms with E-state index >= 15 is 0 Å². The fraction of sp³-hybridized carbons (Fsp3) is 0.250. The number of hydrazone groups is 1. The lowest BCUT2D eigenvalue weighted by atomic mass is 10.2. The number of nitrogens with one attached hydrogen (secondary N) is 1. The highest BCUT2D eigenvalue weighted by Gasteiger charge is 2.12. The largest absolute Gasteiger partial charge is 0.378 e. The van der Waals surface area contributed by atoms with Gasteiger partial charge in [0.25, 0.3) is 5.91 Å². The number of carbonyl (C=O) groups excluding carboxylic acids is 1. The molecule has 1 aliphatic rings. The van der Waals surface area contributed by atoms with E-state index in [2.05, 4.69) is 15.4 Å². The number of ether oxygens (including phenoxy) is 1. The second-order valence-electron chi connectivity index (χ2n) is 4.98. The van der Waals surface area contributed by atoms with Crippen LogP contribution < -0.4 is 10.3 Å². The van der Waals surface area contributed by atoms with Gasteiger partial charge in [-0.1, -0.05) is 0 Å². The van der Waals surface area contributed by atoms with Crippen molar-refractivity contribution in [2.45, 2.75) is 0 Å². The van der Waals surface area contributed by atoms with Gasteiger partial charge in [-0.3, -0.25) is 4.79 Å². The number of amides is 1. The number of morpholine rings is 1. The van der Waals surface area contributed by atoms with Crippen LogP contribution in [0.5, 0.6) is 0 Å². The first-order chi connectivity index (χ1) is 11.2. The van der Waals surface area contributed by atoms with Crippen LogP contribution in [0.3, 0.4) is 0 Å². The number of carbonyl (C=O) groups is 1. The number of benzene rings is 1. The molecule has 23 heavy (non-hydrogen) atoms. The van der Waals surface area contributed by atoms with Crippen LogP contribution in [-0.2, 0) is 4.74 Å². The summed E-state index contributed by atoms with van der Waals surface area (Å²) in [4.78, 5) is 15.0. The maximum Gasteiger partial charge on any atom is 0.271 e. The number of anilines is 1. The summed E-state index contributed by atoms with van der Waals surface area (Å²) in [6, 6.07) is 9.32. The molecule has 2 aromatic rings. The van der Waals surface area contributed by atoms with Gasteiger partial charge in [-0.2, -0.15) is 5.10 Å². The molecule has 0 saturated carbocycles. The summed E-state index contributed by atoms with van der Waals surface area (Å²) in [7, 11) is 0. The van der Waals surface area contributed by atoms with Crippen molar-refractivity contribution in [1.82, 2.24) is 5.43 Å². The van der Waals surface area contributed by atoms with E-state index in [1.165, 1.54) is 29.3 Å². The van der Waals surface area contributed by atoms with Crippen LogP contribution in [0.2, 0.25) is 0 Å². The Morgan fingerprint density at radius 2 is 1.96 bits per heavy atom. The molecular formula is C16H16FN3O2S. The molecular weight excluding hydrogens is 317 g/mol. The Morgan fingerprint density at radius 3 is 2.70 bits per heavy atom. The van der Waals surface area contributed by atoms with Crippen molar-refractivity contribution in [2.24, 2.45) is 5.10 Å². The van der Waals surface area contributed by atoms with E-state index in [1.807, 2.05) is 12.1 Å². The Labute approximate surface area is 137 Å². The van der Waals surface area contributed by atoms with E-state index in [1.54, 1.807) is 17.6 Å². The minimum Gasteiger partial charge on any atom is -0.378 e. The molecule has 0 atom stereocenters. The Morgan fingerprint density at radius 1 is 1.22 bits per heavy atom. The minimum absolute atomic E-state index is 0.365. The average molecular weight is 333 g/mol. The van der Waals surface area contributed by atoms with Crippen LogP contribution in [-0.4, -0.2) is 38.4 Å². The monoisotopic (exact) mass is 333 g/mol. The smallest absolute Gasteiger partial charge is 0.271 e. The van der Waals surface area contributed by atoms with Crippen molar-refractivity contribution in [1.29, 1.82) is 0 Å². The van der Waals surface area contributed by atoms with E-state index < -0.39 is 0 Å². The molecule has 5 nitrogen and oxygen atoms in total. The van der Waals surface area contributed by atoms with E-state index in [0.717, 1.165) is 31.2 Å². The normalized spacial score (nSPS) is 15.1. The lowest BCUT2D eigenvalue weighted by molar-refractivity contribution is 0.0955. The van der Waals surface area contributed by atoms with Gasteiger partial charge in [-0.25, -0.2) is 9.82 Å². The van der Waals surface area contributed by atoms with Gasteiger partial charge >= 0.3 is 0 Å². The number of thiophene rings is 1. The zero-order chi connectivity index (χ0) is 16.1. The first kappa shape index (κ1) is 15.6. The van der Waals surface area contributed by atoms with Crippen molar-refractivity contribution in [2.75, 3.05) is 31.2 Å². The summed E-state index contributed by atoms with van der Waals surface area (Å²) in [5.41, 5.74) is 2.80. The van der Waals surface area contributed by atoms with E-state index in [0.29, 0.717) is 5.56 Å². The molecule has 3 rings (SSSR count). The standard InChI is InChI=1S/C16H16FN3O2S/c17-13-3-1-12(2-4-13)16(21)19-18-11-14-5-6-15(23-14)20-7-9-22-10-8-20/h1-6,11H,7-10H2,(H,19,21)/b18-11-. The Hall–Kier alpha value is -2.25. The van der Waals surface area contributed by atoms with Gasteiger partial charge in [0.1, 0.15) is 5.82 Å². The van der Waals surface area contributed by atoms with Crippen molar-refractivity contribution in [3.63, 3.8) is 0 Å². The van der Waals surface area contributed by atoms with Crippen LogP contribution >= 0.6 is 11.3 Å². The third kappa shape index (κ3) is 4.14. The molecule has 1 aromatic carbocycles. The number of hydrogen-bond acceptors (Lipinski definition) is 5. The minimum atomic E-state index is -0.376. The summed E-state index contributed by atoms with van der Waals surface area (Å²) in [5, 5.41) is 5.11. The number of nitrogens with zero attached hydrogens (tertiary/aromatic N) is 2. The molecule has 0 radical (unpaired) electrons. The highest BCUT2D eigenvalue weighted by atomic mass is 32.1. The van der Waals surface area contributed by atoms with Gasteiger partial charge in [0.2, 0.25) is 0 Å². The SMILES string of the molecule is O=C(N/N=C\c1ccc(N2CCOCC2)s1)c1ccc(F)cc1. The highest BCUT2D eigenvalue weighted by molar-refractivity contribution is 7.17. The Bertz CT molecular complexity index is 694. The fourth-order valence-electron chi connectivity index (χ4n) is 2.19. The molecule has 0 bridgehead atoms. The molecule has 7 heteroatoms. The first-order valence-corrected chi connectivity index (χ1v) is 8.05. The van der Waals surface area contributed by atoms with Crippen LogP contribution in [0, 0.1) is 5.82 Å². The molecule has 0 aliphatic carbocycles. The lowest BCUT2D eigenvalue weighted by Gasteiger charge is -2.27. The van der Waals surface area contributed by atoms with Gasteiger partial charge in [0, 0.05) is 23.5 Å². The number of hydrogen-bond donors (Lipinski definition) is 1. The second-order valence-corrected chi connectivity index (χ2v) is 6.08. The third-order valence-corrected chi connectivity index (χ3v) is 4.48. The van der Waals surface area contributed by atoms with Crippen LogP contribution in [0.25, 0.3) is 0 Å². The van der Waals surface area contributed by atoms with E-state index in [9.17, 15) is 9.18 Å². The van der Waals surface area contributed by atoms with Gasteiger partial charge in [-0.15, -0.1) is 11.3 Å². The quantitative estimate of drug-likeness (QED) is 0.691. The predicted octanol–water partition coefficient (Wildman–Crippen LogP) is 2.49. The molecule has 1 amide bonds. The number of halogens is 1. The van der Waals surface area contributed by atoms with E-state index in [4.69, 9.17) is 4.74 Å². The molecule has 1 aliphatic heterocycles. The van der Waals surface area contributed by atoms with Crippen molar-refractivity contribution < 1.29 is 13.9 Å². The third-order valence-electron chi connectivity index (χ3n) is 3.40. The van der Waals surface area contributed by atoms with Crippen LogP contribution in [0.1, 0.15) is 15.2 Å². The molecule has 0 unspecified atom stereocenters. The molecule has 0 spiro atoms. The summed E-state index contributed by atoms with van der Waals surface area (Å²) < 4.78 is 18.1. The first-order valence-electron chi connectivity index (χ1n) is 7.24. The molecule has 2 heterocycles. The van der Waals surface area contributed by atoms with E-state index in [-0.39, 0.29) is 11.7 Å². The zero-order valence-electron chi connectivity index (χ0n) is 12.4. The van der Waals surface area contributed by atoms with Gasteiger partial charge < -0.3 is 9.64 Å². The summed E-state index contributed by atoms with van der Waals surface area (Å²) in [5.74, 6) is -0.745. The average Bonchev–Trinajstić information content (AvgIpc) is 3.05. The maximum atomic E-state index is 12.8. The molecule has 1 N–H and O–H groups in total. The molecule has 1 saturated heterocycles. The van der Waals surface area contributed by atoms with Gasteiger partial charge in [-0.05, 0) is 36.4 Å². The van der Waals surface area contributed by atoms with Crippen LogP contribution in [0.4, 0.5) is 9.39 Å². The van der Waals surface area contributed by atoms with Crippen LogP contribution in [0.15, 0.2) is 41.5 Å². The van der Waals surface area contributed by atoms with Crippen molar-refractivity contribution in [3.8, 4) is 0 Å². The van der Waals surface area contributed by atoms with Crippen molar-refractivity contribution >= 4 is 28.5 Å². The fourth-order valence-corrected chi connectivity index (χ4v) is 3.12. The zero-order valence-corrected chi connectivity index (χ0v) is 13.2. The van der Waals surface area contributed by atoms with Crippen molar-refractivity contribution in [3.05, 3.63) is 52.7 Å². The number of rotatable bonds is 4. The highest BCUT2D eigenvalue weighted by Crippen LogP contribution is 2.25. The van der Waals surface area contributed by atoms with Gasteiger partial charge in [0.05, 0.1) is 24.4 Å². The summed E-state index contributed by atoms with van der Waals surface area (Å²) in [6.45, 7) is 3.26. The lowest BCUT2D eigenvalue weighted by Crippen LogP contribution is -2.35. The molecule has 1 fully saturated rings. The predicted molar refractivity (Wildman–Crippen MR) is 88.8 cm³/mol.